The van der Waals surface area contributed by atoms with Crippen molar-refractivity contribution in [1.82, 2.24) is 0 Å². The van der Waals surface area contributed by atoms with Crippen molar-refractivity contribution in [3.8, 4) is 0 Å². The Bertz CT molecular complexity index is 1010. The molecule has 0 amide bonds. The van der Waals surface area contributed by atoms with Crippen LogP contribution >= 0.6 is 0 Å². The molecule has 0 bridgehead atoms. The first-order valence-electron chi connectivity index (χ1n) is 16.9. The summed E-state index contributed by atoms with van der Waals surface area (Å²) in [5.74, 6) is -1.85. The molecule has 0 aromatic carbocycles. The SMILES string of the molecule is CC(C)OC(=O)OC(C)OC(=O)C(C)(C)CC(C)(C)C.COCOC(=O)C(C)(C)CC(C)(C)C.[2H]C([2H])([2H])C(C)(CC(C)(C)C)C(=O)O. The Balaban J connectivity index is -0.000000649. The van der Waals surface area contributed by atoms with Gasteiger partial charge in [0.1, 0.15) is 0 Å². The second-order valence-electron chi connectivity index (χ2n) is 17.0. The summed E-state index contributed by atoms with van der Waals surface area (Å²) in [6.45, 7) is 29.2. The third-order valence-corrected chi connectivity index (χ3v) is 5.58. The summed E-state index contributed by atoms with van der Waals surface area (Å²) < 4.78 is 46.2. The lowest BCUT2D eigenvalue weighted by Crippen LogP contribution is -2.34. The normalized spacial score (nSPS) is 15.7. The zero-order chi connectivity index (χ0) is 39.3. The molecule has 2 unspecified atom stereocenters. The highest BCUT2D eigenvalue weighted by Crippen LogP contribution is 2.35. The highest BCUT2D eigenvalue weighted by atomic mass is 16.8. The van der Waals surface area contributed by atoms with Gasteiger partial charge in [0, 0.05) is 18.1 Å². The minimum absolute atomic E-state index is 0.00316. The maximum atomic E-state index is 12.1. The number of carbonyl (C=O) groups is 4. The fraction of sp³-hybridized carbons (Fsp3) is 0.886. The van der Waals surface area contributed by atoms with Gasteiger partial charge in [-0.1, -0.05) is 62.3 Å². The summed E-state index contributed by atoms with van der Waals surface area (Å²) in [7, 11) is 1.50. The predicted octanol–water partition coefficient (Wildman–Crippen LogP) is 9.03. The van der Waals surface area contributed by atoms with Gasteiger partial charge in [-0.25, -0.2) is 4.79 Å². The van der Waals surface area contributed by atoms with E-state index in [-0.39, 0.29) is 41.5 Å². The van der Waals surface area contributed by atoms with Crippen molar-refractivity contribution >= 4 is 24.1 Å². The number of rotatable bonds is 11. The van der Waals surface area contributed by atoms with Gasteiger partial charge >= 0.3 is 24.1 Å². The number of carboxylic acids is 1. The topological polar surface area (TPSA) is 135 Å². The van der Waals surface area contributed by atoms with E-state index in [0.29, 0.717) is 6.42 Å². The molecule has 0 aromatic heterocycles. The molecule has 0 heterocycles. The summed E-state index contributed by atoms with van der Waals surface area (Å²) in [6.07, 6.45) is -0.485. The summed E-state index contributed by atoms with van der Waals surface area (Å²) in [5.41, 5.74) is -2.94. The van der Waals surface area contributed by atoms with Gasteiger partial charge in [-0.05, 0) is 90.8 Å². The molecule has 0 saturated carbocycles. The summed E-state index contributed by atoms with van der Waals surface area (Å²) in [6, 6.07) is 0. The molecule has 0 saturated heterocycles. The first kappa shape index (κ1) is 40.7. The first-order valence-corrected chi connectivity index (χ1v) is 15.4. The fourth-order valence-electron chi connectivity index (χ4n) is 4.93. The van der Waals surface area contributed by atoms with Crippen molar-refractivity contribution in [3.63, 3.8) is 0 Å². The number of hydrogen-bond acceptors (Lipinski definition) is 9. The number of esters is 2. The van der Waals surface area contributed by atoms with Gasteiger partial charge in [0.2, 0.25) is 6.29 Å². The lowest BCUT2D eigenvalue weighted by molar-refractivity contribution is -0.180. The van der Waals surface area contributed by atoms with E-state index in [4.69, 9.17) is 32.9 Å². The van der Waals surface area contributed by atoms with E-state index in [1.807, 2.05) is 48.5 Å². The Morgan fingerprint density at radius 2 is 1.00 bits per heavy atom. The number of methoxy groups -OCH3 is 1. The monoisotopic (exact) mass is 652 g/mol. The molecule has 45 heavy (non-hydrogen) atoms. The van der Waals surface area contributed by atoms with Crippen LogP contribution in [0.25, 0.3) is 0 Å². The van der Waals surface area contributed by atoms with E-state index >= 15 is 0 Å². The second-order valence-corrected chi connectivity index (χ2v) is 17.0. The van der Waals surface area contributed by atoms with Crippen LogP contribution in [0.1, 0.15) is 148 Å². The van der Waals surface area contributed by atoms with Crippen LogP contribution in [0.5, 0.6) is 0 Å². The van der Waals surface area contributed by atoms with E-state index in [9.17, 15) is 19.2 Å². The molecule has 0 aliphatic carbocycles. The summed E-state index contributed by atoms with van der Waals surface area (Å²) in [5, 5.41) is 8.97. The molecule has 1 N–H and O–H groups in total. The minimum Gasteiger partial charge on any atom is -0.481 e. The Morgan fingerprint density at radius 1 is 0.622 bits per heavy atom. The molecule has 0 rings (SSSR count). The van der Waals surface area contributed by atoms with Crippen molar-refractivity contribution in [2.24, 2.45) is 32.5 Å². The quantitative estimate of drug-likeness (QED) is 0.131. The average Bonchev–Trinajstić information content (AvgIpc) is 2.77. The van der Waals surface area contributed by atoms with Gasteiger partial charge in [-0.15, -0.1) is 0 Å². The van der Waals surface area contributed by atoms with Crippen molar-refractivity contribution in [2.75, 3.05) is 13.9 Å². The van der Waals surface area contributed by atoms with Gasteiger partial charge in [-0.3, -0.25) is 14.4 Å². The van der Waals surface area contributed by atoms with Gasteiger partial charge in [0.25, 0.3) is 0 Å². The summed E-state index contributed by atoms with van der Waals surface area (Å²) in [4.78, 5) is 46.0. The zero-order valence-corrected chi connectivity index (χ0v) is 31.6. The van der Waals surface area contributed by atoms with Crippen LogP contribution in [0.15, 0.2) is 0 Å². The molecule has 0 fully saturated rings. The first-order chi connectivity index (χ1) is 20.9. The van der Waals surface area contributed by atoms with Crippen LogP contribution in [-0.4, -0.2) is 55.5 Å². The van der Waals surface area contributed by atoms with Crippen LogP contribution in [0.2, 0.25) is 0 Å². The highest BCUT2D eigenvalue weighted by Gasteiger charge is 2.36. The maximum absolute atomic E-state index is 12.1. The van der Waals surface area contributed by atoms with Crippen LogP contribution < -0.4 is 0 Å². The predicted molar refractivity (Wildman–Crippen MR) is 177 cm³/mol. The Labute approximate surface area is 278 Å². The van der Waals surface area contributed by atoms with Crippen LogP contribution in [0.4, 0.5) is 4.79 Å². The van der Waals surface area contributed by atoms with Crippen LogP contribution in [-0.2, 0) is 38.1 Å². The van der Waals surface area contributed by atoms with E-state index in [0.717, 1.165) is 6.42 Å². The van der Waals surface area contributed by atoms with Gasteiger partial charge in [0.05, 0.1) is 22.3 Å². The lowest BCUT2D eigenvalue weighted by atomic mass is 9.76. The van der Waals surface area contributed by atoms with Crippen molar-refractivity contribution in [1.29, 1.82) is 0 Å². The Morgan fingerprint density at radius 3 is 1.29 bits per heavy atom. The smallest absolute Gasteiger partial charge is 0.481 e. The Hall–Kier alpha value is -2.36. The van der Waals surface area contributed by atoms with Crippen LogP contribution in [0.3, 0.4) is 0 Å². The van der Waals surface area contributed by atoms with Gasteiger partial charge < -0.3 is 28.8 Å². The van der Waals surface area contributed by atoms with Crippen molar-refractivity contribution in [3.05, 3.63) is 0 Å². The van der Waals surface area contributed by atoms with Gasteiger partial charge in [0.15, 0.2) is 6.79 Å². The third-order valence-electron chi connectivity index (χ3n) is 5.58. The number of aliphatic carboxylic acids is 1. The molecule has 0 spiro atoms. The van der Waals surface area contributed by atoms with Crippen molar-refractivity contribution in [2.45, 2.75) is 156 Å². The number of carbonyl (C=O) groups excluding carboxylic acids is 3. The molecular weight excluding hydrogens is 580 g/mol. The molecule has 0 radical (unpaired) electrons. The van der Waals surface area contributed by atoms with E-state index in [1.54, 1.807) is 13.8 Å². The molecular formula is C35H68O10. The summed E-state index contributed by atoms with van der Waals surface area (Å²) >= 11 is 0. The second kappa shape index (κ2) is 18.7. The Kier molecular flexibility index (Phi) is 16.9. The van der Waals surface area contributed by atoms with E-state index in [1.165, 1.54) is 21.0 Å². The minimum atomic E-state index is -2.47. The highest BCUT2D eigenvalue weighted by molar-refractivity contribution is 5.76. The third kappa shape index (κ3) is 26.6. The number of ether oxygens (including phenoxy) is 5. The lowest BCUT2D eigenvalue weighted by Gasteiger charge is -2.31. The van der Waals surface area contributed by atoms with E-state index in [2.05, 4.69) is 41.5 Å². The van der Waals surface area contributed by atoms with E-state index < -0.39 is 47.5 Å². The zero-order valence-electron chi connectivity index (χ0n) is 34.6. The average molecular weight is 652 g/mol. The molecule has 10 heteroatoms. The molecule has 0 aromatic rings. The molecule has 0 aliphatic rings. The van der Waals surface area contributed by atoms with Crippen molar-refractivity contribution < 1.29 is 52.1 Å². The standard InChI is InChI=1S/C15H28O5.C11H22O3.C9H18O2/c1-10(2)18-13(17)20-11(3)19-12(16)15(7,8)9-14(4,5)6;1-10(2,3)7-11(4,5)9(12)14-8-13-6;1-8(2,3)6-9(4,5)7(10)11/h10-11H,9H2,1-8H3;7-8H2,1-6H3;6H2,1-5H3,(H,10,11)/i;;4D3. The fourth-order valence-corrected chi connectivity index (χ4v) is 4.93. The largest absolute Gasteiger partial charge is 0.511 e. The number of hydrogen-bond donors (Lipinski definition) is 1. The molecule has 2 atom stereocenters. The van der Waals surface area contributed by atoms with Gasteiger partial charge in [-0.2, -0.15) is 0 Å². The molecule has 10 nitrogen and oxygen atoms in total. The number of carboxylic acid groups (broad SMARTS) is 1. The molecule has 268 valence electrons. The molecule has 0 aliphatic heterocycles. The van der Waals surface area contributed by atoms with Crippen LogP contribution in [0, 0.1) is 32.5 Å². The maximum Gasteiger partial charge on any atom is 0.511 e.